The van der Waals surface area contributed by atoms with E-state index in [1.54, 1.807) is 25.1 Å². The molecule has 0 fully saturated rings. The first-order valence-electron chi connectivity index (χ1n) is 4.79. The Balaban J connectivity index is 2.78. The summed E-state index contributed by atoms with van der Waals surface area (Å²) in [6.45, 7) is 1.74. The van der Waals surface area contributed by atoms with Crippen molar-refractivity contribution in [1.82, 2.24) is 4.98 Å². The Kier molecular flexibility index (Phi) is 4.20. The molecule has 1 amide bonds. The third kappa shape index (κ3) is 3.91. The van der Waals surface area contributed by atoms with Crippen LogP contribution in [-0.2, 0) is 9.59 Å². The van der Waals surface area contributed by atoms with Gasteiger partial charge in [-0.15, -0.1) is 0 Å². The molecule has 0 aliphatic heterocycles. The first-order chi connectivity index (χ1) is 7.61. The van der Waals surface area contributed by atoms with Crippen LogP contribution < -0.4 is 5.32 Å². The number of hydrogen-bond acceptors (Lipinski definition) is 3. The summed E-state index contributed by atoms with van der Waals surface area (Å²) in [5.74, 6) is -0.754. The SMILES string of the molecule is CCC(=O)Nc1cccc(C=CC(=O)O)n1. The van der Waals surface area contributed by atoms with Gasteiger partial charge in [0.2, 0.25) is 5.91 Å². The Hall–Kier alpha value is -2.17. The Morgan fingerprint density at radius 2 is 2.25 bits per heavy atom. The number of aromatic nitrogens is 1. The zero-order valence-corrected chi connectivity index (χ0v) is 8.80. The zero-order chi connectivity index (χ0) is 12.0. The van der Waals surface area contributed by atoms with E-state index in [1.807, 2.05) is 0 Å². The molecule has 0 aliphatic rings. The molecule has 0 unspecified atom stereocenters. The molecule has 16 heavy (non-hydrogen) atoms. The van der Waals surface area contributed by atoms with Crippen LogP contribution in [0.4, 0.5) is 5.82 Å². The van der Waals surface area contributed by atoms with Crippen LogP contribution in [0.5, 0.6) is 0 Å². The number of nitrogens with one attached hydrogen (secondary N) is 1. The summed E-state index contributed by atoms with van der Waals surface area (Å²) in [5.41, 5.74) is 0.483. The number of carbonyl (C=O) groups is 2. The minimum atomic E-state index is -1.04. The maximum atomic E-state index is 11.1. The summed E-state index contributed by atoms with van der Waals surface area (Å²) in [6.07, 6.45) is 2.73. The maximum Gasteiger partial charge on any atom is 0.328 e. The second kappa shape index (κ2) is 5.65. The Morgan fingerprint density at radius 3 is 2.88 bits per heavy atom. The molecule has 0 spiro atoms. The average Bonchev–Trinajstić information content (AvgIpc) is 2.26. The van der Waals surface area contributed by atoms with Gasteiger partial charge in [-0.3, -0.25) is 4.79 Å². The summed E-state index contributed by atoms with van der Waals surface area (Å²) < 4.78 is 0. The van der Waals surface area contributed by atoms with Crippen molar-refractivity contribution in [2.45, 2.75) is 13.3 Å². The molecule has 5 nitrogen and oxygen atoms in total. The molecule has 0 radical (unpaired) electrons. The number of amides is 1. The summed E-state index contributed by atoms with van der Waals surface area (Å²) >= 11 is 0. The molecule has 0 saturated heterocycles. The Labute approximate surface area is 92.8 Å². The number of pyridine rings is 1. The van der Waals surface area contributed by atoms with Gasteiger partial charge in [-0.2, -0.15) is 0 Å². The van der Waals surface area contributed by atoms with Gasteiger partial charge < -0.3 is 10.4 Å². The second-order valence-corrected chi connectivity index (χ2v) is 3.02. The number of aliphatic carboxylic acids is 1. The molecular formula is C11H12N2O3. The standard InChI is InChI=1S/C11H12N2O3/c1-2-10(14)13-9-5-3-4-8(12-9)6-7-11(15)16/h3-7H,2H2,1H3,(H,15,16)(H,12,13,14). The quantitative estimate of drug-likeness (QED) is 0.754. The van der Waals surface area contributed by atoms with Gasteiger partial charge in [-0.25, -0.2) is 9.78 Å². The lowest BCUT2D eigenvalue weighted by Gasteiger charge is -2.02. The van der Waals surface area contributed by atoms with Crippen LogP contribution in [0.3, 0.4) is 0 Å². The lowest BCUT2D eigenvalue weighted by Crippen LogP contribution is -2.10. The van der Waals surface area contributed by atoms with Gasteiger partial charge in [0.1, 0.15) is 5.82 Å². The molecule has 1 rings (SSSR count). The highest BCUT2D eigenvalue weighted by Gasteiger charge is 2.00. The number of carbonyl (C=O) groups excluding carboxylic acids is 1. The molecule has 1 aromatic heterocycles. The zero-order valence-electron chi connectivity index (χ0n) is 8.80. The third-order valence-corrected chi connectivity index (χ3v) is 1.76. The fourth-order valence-corrected chi connectivity index (χ4v) is 1.00. The number of carboxylic acids is 1. The van der Waals surface area contributed by atoms with E-state index in [2.05, 4.69) is 10.3 Å². The van der Waals surface area contributed by atoms with Gasteiger partial charge in [0.05, 0.1) is 5.69 Å². The predicted molar refractivity (Wildman–Crippen MR) is 59.8 cm³/mol. The largest absolute Gasteiger partial charge is 0.478 e. The van der Waals surface area contributed by atoms with Crippen LogP contribution in [0.2, 0.25) is 0 Å². The molecule has 0 aromatic carbocycles. The smallest absolute Gasteiger partial charge is 0.328 e. The van der Waals surface area contributed by atoms with Gasteiger partial charge in [0.25, 0.3) is 0 Å². The first-order valence-corrected chi connectivity index (χ1v) is 4.79. The normalized spacial score (nSPS) is 10.3. The summed E-state index contributed by atoms with van der Waals surface area (Å²) in [4.78, 5) is 25.4. The van der Waals surface area contributed by atoms with Crippen LogP contribution in [0.25, 0.3) is 6.08 Å². The van der Waals surface area contributed by atoms with Gasteiger partial charge in [0.15, 0.2) is 0 Å². The Morgan fingerprint density at radius 1 is 1.50 bits per heavy atom. The van der Waals surface area contributed by atoms with Gasteiger partial charge in [-0.05, 0) is 18.2 Å². The third-order valence-electron chi connectivity index (χ3n) is 1.76. The minimum Gasteiger partial charge on any atom is -0.478 e. The highest BCUT2D eigenvalue weighted by molar-refractivity contribution is 5.89. The maximum absolute atomic E-state index is 11.1. The van der Waals surface area contributed by atoms with E-state index in [0.29, 0.717) is 17.9 Å². The van der Waals surface area contributed by atoms with Gasteiger partial charge >= 0.3 is 5.97 Å². The van der Waals surface area contributed by atoms with Crippen LogP contribution in [-0.4, -0.2) is 22.0 Å². The van der Waals surface area contributed by atoms with E-state index < -0.39 is 5.97 Å². The van der Waals surface area contributed by atoms with E-state index in [0.717, 1.165) is 6.08 Å². The number of carboxylic acid groups (broad SMARTS) is 1. The van der Waals surface area contributed by atoms with Crippen molar-refractivity contribution in [2.75, 3.05) is 5.32 Å². The van der Waals surface area contributed by atoms with Crippen LogP contribution >= 0.6 is 0 Å². The summed E-state index contributed by atoms with van der Waals surface area (Å²) in [7, 11) is 0. The van der Waals surface area contributed by atoms with E-state index in [1.165, 1.54) is 6.08 Å². The van der Waals surface area contributed by atoms with E-state index in [4.69, 9.17) is 5.11 Å². The lowest BCUT2D eigenvalue weighted by atomic mass is 10.3. The topological polar surface area (TPSA) is 79.3 Å². The number of rotatable bonds is 4. The molecule has 0 aliphatic carbocycles. The van der Waals surface area contributed by atoms with Crippen molar-refractivity contribution >= 4 is 23.8 Å². The number of nitrogens with zero attached hydrogens (tertiary/aromatic N) is 1. The monoisotopic (exact) mass is 220 g/mol. The second-order valence-electron chi connectivity index (χ2n) is 3.02. The molecule has 84 valence electrons. The fraction of sp³-hybridized carbons (Fsp3) is 0.182. The van der Waals surface area contributed by atoms with Crippen LogP contribution in [0.15, 0.2) is 24.3 Å². The molecule has 2 N–H and O–H groups in total. The molecule has 1 aromatic rings. The predicted octanol–water partition coefficient (Wildman–Crippen LogP) is 1.53. The van der Waals surface area contributed by atoms with Crippen molar-refractivity contribution in [3.8, 4) is 0 Å². The average molecular weight is 220 g/mol. The van der Waals surface area contributed by atoms with Crippen molar-refractivity contribution in [3.63, 3.8) is 0 Å². The minimum absolute atomic E-state index is 0.133. The first kappa shape index (κ1) is 11.9. The van der Waals surface area contributed by atoms with Crippen molar-refractivity contribution in [2.24, 2.45) is 0 Å². The highest BCUT2D eigenvalue weighted by Crippen LogP contribution is 2.06. The Bertz CT molecular complexity index is 427. The van der Waals surface area contributed by atoms with Crippen molar-refractivity contribution < 1.29 is 14.7 Å². The molecular weight excluding hydrogens is 208 g/mol. The number of hydrogen-bond donors (Lipinski definition) is 2. The summed E-state index contributed by atoms with van der Waals surface area (Å²) in [5, 5.41) is 11.0. The van der Waals surface area contributed by atoms with E-state index >= 15 is 0 Å². The number of anilines is 1. The van der Waals surface area contributed by atoms with Crippen LogP contribution in [0, 0.1) is 0 Å². The molecule has 0 saturated carbocycles. The summed E-state index contributed by atoms with van der Waals surface area (Å²) in [6, 6.07) is 4.99. The van der Waals surface area contributed by atoms with Crippen molar-refractivity contribution in [1.29, 1.82) is 0 Å². The van der Waals surface area contributed by atoms with Crippen molar-refractivity contribution in [3.05, 3.63) is 30.0 Å². The molecule has 1 heterocycles. The van der Waals surface area contributed by atoms with E-state index in [9.17, 15) is 9.59 Å². The highest BCUT2D eigenvalue weighted by atomic mass is 16.4. The van der Waals surface area contributed by atoms with Gasteiger partial charge in [-0.1, -0.05) is 13.0 Å². The van der Waals surface area contributed by atoms with Gasteiger partial charge in [0, 0.05) is 12.5 Å². The lowest BCUT2D eigenvalue weighted by molar-refractivity contribution is -0.131. The van der Waals surface area contributed by atoms with E-state index in [-0.39, 0.29) is 5.91 Å². The fourth-order valence-electron chi connectivity index (χ4n) is 1.00. The molecule has 5 heteroatoms. The van der Waals surface area contributed by atoms with Crippen LogP contribution in [0.1, 0.15) is 19.0 Å². The molecule has 0 bridgehead atoms. The molecule has 0 atom stereocenters.